The zero-order valence-electron chi connectivity index (χ0n) is 9.42. The van der Waals surface area contributed by atoms with Gasteiger partial charge in [-0.15, -0.1) is 0 Å². The third-order valence-corrected chi connectivity index (χ3v) is 3.73. The molecule has 82 valence electrons. The van der Waals surface area contributed by atoms with Gasteiger partial charge in [0.05, 0.1) is 5.41 Å². The predicted octanol–water partition coefficient (Wildman–Crippen LogP) is 1.83. The number of carboxylic acids is 1. The molecule has 3 heteroatoms. The van der Waals surface area contributed by atoms with E-state index in [0.29, 0.717) is 0 Å². The summed E-state index contributed by atoms with van der Waals surface area (Å²) in [6.07, 6.45) is 1.60. The van der Waals surface area contributed by atoms with E-state index in [1.165, 1.54) is 0 Å². The average molecular weight is 199 g/mol. The van der Waals surface area contributed by atoms with Crippen molar-refractivity contribution in [3.8, 4) is 0 Å². The van der Waals surface area contributed by atoms with Crippen molar-refractivity contribution in [2.45, 2.75) is 33.6 Å². The maximum absolute atomic E-state index is 11.3. The zero-order chi connectivity index (χ0) is 10.8. The number of nitrogens with zero attached hydrogens (tertiary/aromatic N) is 1. The van der Waals surface area contributed by atoms with Crippen molar-refractivity contribution >= 4 is 5.97 Å². The molecule has 1 fully saturated rings. The van der Waals surface area contributed by atoms with Crippen molar-refractivity contribution < 1.29 is 9.90 Å². The van der Waals surface area contributed by atoms with Crippen molar-refractivity contribution in [2.75, 3.05) is 19.6 Å². The van der Waals surface area contributed by atoms with Crippen LogP contribution in [0.15, 0.2) is 0 Å². The fraction of sp³-hybridized carbons (Fsp3) is 0.909. The number of hydrogen-bond acceptors (Lipinski definition) is 2. The molecule has 3 nitrogen and oxygen atoms in total. The summed E-state index contributed by atoms with van der Waals surface area (Å²) in [5.41, 5.74) is -0.467. The Kier molecular flexibility index (Phi) is 3.53. The molecule has 0 aliphatic carbocycles. The van der Waals surface area contributed by atoms with E-state index < -0.39 is 11.4 Å². The summed E-state index contributed by atoms with van der Waals surface area (Å²) in [6.45, 7) is 9.07. The van der Waals surface area contributed by atoms with Gasteiger partial charge in [0.15, 0.2) is 0 Å². The number of likely N-dealkylation sites (tertiary alicyclic amines) is 1. The molecule has 0 aromatic heterocycles. The van der Waals surface area contributed by atoms with Gasteiger partial charge in [-0.1, -0.05) is 20.8 Å². The Morgan fingerprint density at radius 2 is 1.93 bits per heavy atom. The van der Waals surface area contributed by atoms with Crippen LogP contribution in [0.3, 0.4) is 0 Å². The third-order valence-electron chi connectivity index (χ3n) is 3.73. The molecule has 0 amide bonds. The molecule has 1 N–H and O–H groups in total. The predicted molar refractivity (Wildman–Crippen MR) is 56.3 cm³/mol. The van der Waals surface area contributed by atoms with E-state index in [1.54, 1.807) is 0 Å². The molecule has 1 heterocycles. The summed E-state index contributed by atoms with van der Waals surface area (Å²) in [4.78, 5) is 13.6. The lowest BCUT2D eigenvalue weighted by atomic mass is 9.70. The molecule has 1 saturated heterocycles. The number of carbonyl (C=O) groups is 1. The molecule has 0 unspecified atom stereocenters. The summed E-state index contributed by atoms with van der Waals surface area (Å²) < 4.78 is 0. The van der Waals surface area contributed by atoms with E-state index in [1.807, 2.05) is 13.8 Å². The Balaban J connectivity index is 2.70. The lowest BCUT2D eigenvalue weighted by Gasteiger charge is -2.41. The fourth-order valence-corrected chi connectivity index (χ4v) is 2.31. The van der Waals surface area contributed by atoms with E-state index in [4.69, 9.17) is 0 Å². The Bertz CT molecular complexity index is 205. The van der Waals surface area contributed by atoms with Crippen molar-refractivity contribution in [1.29, 1.82) is 0 Å². The highest BCUT2D eigenvalue weighted by Crippen LogP contribution is 2.38. The standard InChI is InChI=1S/C11H21NO2/c1-4-12-7-5-11(6-8-12,9(2)3)10(13)14/h9H,4-8H2,1-3H3,(H,13,14). The molecule has 0 spiro atoms. The van der Waals surface area contributed by atoms with Crippen LogP contribution in [0.5, 0.6) is 0 Å². The number of rotatable bonds is 3. The highest BCUT2D eigenvalue weighted by molar-refractivity contribution is 5.75. The maximum atomic E-state index is 11.3. The van der Waals surface area contributed by atoms with Gasteiger partial charge in [-0.25, -0.2) is 0 Å². The topological polar surface area (TPSA) is 40.5 Å². The van der Waals surface area contributed by atoms with Crippen molar-refractivity contribution in [1.82, 2.24) is 4.90 Å². The molecule has 1 aliphatic heterocycles. The second-order valence-electron chi connectivity index (χ2n) is 4.55. The van der Waals surface area contributed by atoms with Crippen molar-refractivity contribution in [2.24, 2.45) is 11.3 Å². The summed E-state index contributed by atoms with van der Waals surface area (Å²) in [7, 11) is 0. The molecular weight excluding hydrogens is 178 g/mol. The first-order valence-electron chi connectivity index (χ1n) is 5.48. The molecule has 0 atom stereocenters. The average Bonchev–Trinajstić information content (AvgIpc) is 2.17. The summed E-state index contributed by atoms with van der Waals surface area (Å²) in [6, 6.07) is 0. The largest absolute Gasteiger partial charge is 0.481 e. The van der Waals surface area contributed by atoms with Crippen LogP contribution in [0.25, 0.3) is 0 Å². The van der Waals surface area contributed by atoms with Gasteiger partial charge in [-0.2, -0.15) is 0 Å². The third kappa shape index (κ3) is 1.92. The second kappa shape index (κ2) is 4.30. The highest BCUT2D eigenvalue weighted by atomic mass is 16.4. The van der Waals surface area contributed by atoms with Crippen molar-refractivity contribution in [3.05, 3.63) is 0 Å². The van der Waals surface area contributed by atoms with Gasteiger partial charge in [0.2, 0.25) is 0 Å². The van der Waals surface area contributed by atoms with Crippen LogP contribution in [0.1, 0.15) is 33.6 Å². The van der Waals surface area contributed by atoms with Crippen LogP contribution >= 0.6 is 0 Å². The Morgan fingerprint density at radius 1 is 1.43 bits per heavy atom. The molecule has 0 radical (unpaired) electrons. The van der Waals surface area contributed by atoms with E-state index in [9.17, 15) is 9.90 Å². The molecule has 1 rings (SSSR count). The van der Waals surface area contributed by atoms with Gasteiger partial charge < -0.3 is 10.0 Å². The molecule has 14 heavy (non-hydrogen) atoms. The van der Waals surface area contributed by atoms with E-state index in [2.05, 4.69) is 11.8 Å². The lowest BCUT2D eigenvalue weighted by Crippen LogP contribution is -2.47. The van der Waals surface area contributed by atoms with E-state index in [0.717, 1.165) is 32.5 Å². The Hall–Kier alpha value is -0.570. The minimum atomic E-state index is -0.608. The molecule has 0 aromatic carbocycles. The molecule has 0 bridgehead atoms. The molecule has 1 aliphatic rings. The van der Waals surface area contributed by atoms with Crippen LogP contribution in [0, 0.1) is 11.3 Å². The molecule has 0 aromatic rings. The lowest BCUT2D eigenvalue weighted by molar-refractivity contribution is -0.155. The monoisotopic (exact) mass is 199 g/mol. The summed E-state index contributed by atoms with van der Waals surface area (Å²) in [5.74, 6) is -0.373. The van der Waals surface area contributed by atoms with Crippen molar-refractivity contribution in [3.63, 3.8) is 0 Å². The van der Waals surface area contributed by atoms with Crippen LogP contribution in [-0.2, 0) is 4.79 Å². The summed E-state index contributed by atoms with van der Waals surface area (Å²) in [5, 5.41) is 9.30. The minimum absolute atomic E-state index is 0.235. The Morgan fingerprint density at radius 3 is 2.21 bits per heavy atom. The van der Waals surface area contributed by atoms with Gasteiger partial charge in [0.1, 0.15) is 0 Å². The van der Waals surface area contributed by atoms with Crippen LogP contribution < -0.4 is 0 Å². The van der Waals surface area contributed by atoms with Gasteiger partial charge in [-0.05, 0) is 38.4 Å². The normalized spacial score (nSPS) is 22.6. The van der Waals surface area contributed by atoms with Crippen LogP contribution in [-0.4, -0.2) is 35.6 Å². The minimum Gasteiger partial charge on any atom is -0.481 e. The summed E-state index contributed by atoms with van der Waals surface area (Å²) >= 11 is 0. The quantitative estimate of drug-likeness (QED) is 0.754. The smallest absolute Gasteiger partial charge is 0.309 e. The first-order valence-corrected chi connectivity index (χ1v) is 5.48. The molecule has 0 saturated carbocycles. The first-order chi connectivity index (χ1) is 6.53. The van der Waals surface area contributed by atoms with Crippen LogP contribution in [0.2, 0.25) is 0 Å². The van der Waals surface area contributed by atoms with Gasteiger partial charge >= 0.3 is 5.97 Å². The zero-order valence-corrected chi connectivity index (χ0v) is 9.42. The Labute approximate surface area is 86.1 Å². The van der Waals surface area contributed by atoms with Gasteiger partial charge in [-0.3, -0.25) is 4.79 Å². The number of aliphatic carboxylic acids is 1. The van der Waals surface area contributed by atoms with Gasteiger partial charge in [0, 0.05) is 0 Å². The van der Waals surface area contributed by atoms with E-state index in [-0.39, 0.29) is 5.92 Å². The SMILES string of the molecule is CCN1CCC(C(=O)O)(C(C)C)CC1. The van der Waals surface area contributed by atoms with Crippen LogP contribution in [0.4, 0.5) is 0 Å². The fourth-order valence-electron chi connectivity index (χ4n) is 2.31. The first kappa shape index (κ1) is 11.5. The number of piperidine rings is 1. The number of carboxylic acid groups (broad SMARTS) is 1. The second-order valence-corrected chi connectivity index (χ2v) is 4.55. The van der Waals surface area contributed by atoms with Gasteiger partial charge in [0.25, 0.3) is 0 Å². The maximum Gasteiger partial charge on any atom is 0.309 e. The van der Waals surface area contributed by atoms with E-state index >= 15 is 0 Å². The molecular formula is C11H21NO2. The highest BCUT2D eigenvalue weighted by Gasteiger charge is 2.43. The number of hydrogen-bond donors (Lipinski definition) is 1.